The van der Waals surface area contributed by atoms with Gasteiger partial charge in [0.1, 0.15) is 17.3 Å². The first-order valence-electron chi connectivity index (χ1n) is 12.2. The Hall–Kier alpha value is -4.56. The van der Waals surface area contributed by atoms with Gasteiger partial charge in [-0.1, -0.05) is 18.2 Å². The maximum Gasteiger partial charge on any atom is 0.246 e. The molecular formula is C30H25N5O2S. The predicted octanol–water partition coefficient (Wildman–Crippen LogP) is 6.64. The van der Waals surface area contributed by atoms with Crippen molar-refractivity contribution in [3.05, 3.63) is 90.3 Å². The molecule has 1 amide bonds. The normalized spacial score (nSPS) is 11.2. The number of methoxy groups -OCH3 is 1. The van der Waals surface area contributed by atoms with Crippen molar-refractivity contribution in [3.8, 4) is 27.4 Å². The second-order valence-electron chi connectivity index (χ2n) is 9.14. The Morgan fingerprint density at radius 1 is 0.974 bits per heavy atom. The number of benzene rings is 3. The Morgan fingerprint density at radius 3 is 2.50 bits per heavy atom. The molecule has 0 atom stereocenters. The number of pyridine rings is 1. The average Bonchev–Trinajstić information content (AvgIpc) is 3.49. The van der Waals surface area contributed by atoms with Crippen LogP contribution in [0.4, 0.5) is 5.69 Å². The molecule has 3 aromatic heterocycles. The number of thiazole rings is 1. The van der Waals surface area contributed by atoms with Gasteiger partial charge in [0.2, 0.25) is 5.91 Å². The number of aryl methyl sites for hydroxylation is 2. The lowest BCUT2D eigenvalue weighted by Gasteiger charge is -2.08. The highest BCUT2D eigenvalue weighted by atomic mass is 32.1. The molecule has 0 saturated heterocycles. The predicted molar refractivity (Wildman–Crippen MR) is 153 cm³/mol. The van der Waals surface area contributed by atoms with Gasteiger partial charge in [0.05, 0.1) is 23.0 Å². The zero-order valence-corrected chi connectivity index (χ0v) is 22.0. The van der Waals surface area contributed by atoms with Crippen molar-refractivity contribution in [2.24, 2.45) is 0 Å². The van der Waals surface area contributed by atoms with E-state index in [9.17, 15) is 4.79 Å². The lowest BCUT2D eigenvalue weighted by Crippen LogP contribution is -2.19. The third-order valence-electron chi connectivity index (χ3n) is 6.46. The number of anilines is 1. The van der Waals surface area contributed by atoms with Crippen LogP contribution in [0.5, 0.6) is 5.75 Å². The number of nitrogens with zero attached hydrogens (tertiary/aromatic N) is 4. The molecule has 6 rings (SSSR count). The SMILES string of the molecule is COc1ccc(-c2ccnc3c2c(C)nn3CC(=O)Nc2ccc(-c3nc4ccc(C)cc4s3)cc2)cc1. The van der Waals surface area contributed by atoms with Crippen LogP contribution in [0.1, 0.15) is 11.3 Å². The summed E-state index contributed by atoms with van der Waals surface area (Å²) >= 11 is 1.67. The number of carbonyl (C=O) groups is 1. The average molecular weight is 520 g/mol. The molecule has 7 nitrogen and oxygen atoms in total. The van der Waals surface area contributed by atoms with Crippen LogP contribution >= 0.6 is 11.3 Å². The minimum Gasteiger partial charge on any atom is -0.497 e. The van der Waals surface area contributed by atoms with Crippen LogP contribution in [-0.4, -0.2) is 32.8 Å². The van der Waals surface area contributed by atoms with Crippen molar-refractivity contribution < 1.29 is 9.53 Å². The van der Waals surface area contributed by atoms with Gasteiger partial charge in [0, 0.05) is 22.8 Å². The van der Waals surface area contributed by atoms with E-state index in [4.69, 9.17) is 9.72 Å². The highest BCUT2D eigenvalue weighted by Crippen LogP contribution is 2.32. The molecule has 3 heterocycles. The van der Waals surface area contributed by atoms with E-state index in [2.05, 4.69) is 40.5 Å². The summed E-state index contributed by atoms with van der Waals surface area (Å²) in [6, 6.07) is 23.9. The van der Waals surface area contributed by atoms with E-state index in [1.54, 1.807) is 29.3 Å². The first-order valence-corrected chi connectivity index (χ1v) is 13.0. The molecule has 0 aliphatic heterocycles. The summed E-state index contributed by atoms with van der Waals surface area (Å²) in [5, 5.41) is 9.50. The molecular weight excluding hydrogens is 494 g/mol. The molecule has 0 saturated carbocycles. The first-order chi connectivity index (χ1) is 18.5. The number of rotatable bonds is 6. The highest BCUT2D eigenvalue weighted by molar-refractivity contribution is 7.21. The molecule has 0 spiro atoms. The number of fused-ring (bicyclic) bond motifs is 2. The summed E-state index contributed by atoms with van der Waals surface area (Å²) in [4.78, 5) is 22.2. The standard InChI is InChI=1S/C30H25N5O2S/c1-18-4-13-25-26(16-18)38-30(33-25)21-5-9-22(10-6-21)32-27(36)17-35-29-28(19(2)34-35)24(14-15-31-29)20-7-11-23(37-3)12-8-20/h4-16H,17H2,1-3H3,(H,32,36). The van der Waals surface area contributed by atoms with Gasteiger partial charge in [-0.15, -0.1) is 11.3 Å². The summed E-state index contributed by atoms with van der Waals surface area (Å²) in [7, 11) is 1.65. The summed E-state index contributed by atoms with van der Waals surface area (Å²) in [6.07, 6.45) is 1.75. The Labute approximate surface area is 223 Å². The monoisotopic (exact) mass is 519 g/mol. The Kier molecular flexibility index (Phi) is 6.09. The third-order valence-corrected chi connectivity index (χ3v) is 7.53. The largest absolute Gasteiger partial charge is 0.497 e. The maximum absolute atomic E-state index is 12.9. The fourth-order valence-electron chi connectivity index (χ4n) is 4.59. The van der Waals surface area contributed by atoms with Gasteiger partial charge in [-0.05, 0) is 85.1 Å². The van der Waals surface area contributed by atoms with Crippen LogP contribution in [-0.2, 0) is 11.3 Å². The molecule has 8 heteroatoms. The van der Waals surface area contributed by atoms with Crippen molar-refractivity contribution >= 4 is 44.2 Å². The van der Waals surface area contributed by atoms with E-state index in [0.717, 1.165) is 49.7 Å². The minimum absolute atomic E-state index is 0.0579. The van der Waals surface area contributed by atoms with Gasteiger partial charge in [-0.3, -0.25) is 4.79 Å². The fourth-order valence-corrected chi connectivity index (χ4v) is 5.66. The summed E-state index contributed by atoms with van der Waals surface area (Å²) in [5.74, 6) is 0.626. The van der Waals surface area contributed by atoms with Crippen molar-refractivity contribution in [1.29, 1.82) is 0 Å². The summed E-state index contributed by atoms with van der Waals surface area (Å²) in [6.45, 7) is 4.08. The number of hydrogen-bond acceptors (Lipinski definition) is 6. The zero-order chi connectivity index (χ0) is 26.2. The molecule has 0 fully saturated rings. The number of ether oxygens (including phenoxy) is 1. The van der Waals surface area contributed by atoms with Crippen molar-refractivity contribution in [2.45, 2.75) is 20.4 Å². The van der Waals surface area contributed by atoms with E-state index in [-0.39, 0.29) is 12.5 Å². The minimum atomic E-state index is -0.172. The molecule has 188 valence electrons. The quantitative estimate of drug-likeness (QED) is 0.267. The fraction of sp³-hybridized carbons (Fsp3) is 0.133. The van der Waals surface area contributed by atoms with Gasteiger partial charge in [0.15, 0.2) is 5.65 Å². The summed E-state index contributed by atoms with van der Waals surface area (Å²) < 4.78 is 8.11. The molecule has 0 aliphatic rings. The van der Waals surface area contributed by atoms with Crippen LogP contribution in [0.25, 0.3) is 42.9 Å². The lowest BCUT2D eigenvalue weighted by atomic mass is 10.0. The molecule has 0 unspecified atom stereocenters. The van der Waals surface area contributed by atoms with Gasteiger partial charge >= 0.3 is 0 Å². The van der Waals surface area contributed by atoms with Gasteiger partial charge in [-0.2, -0.15) is 5.10 Å². The van der Waals surface area contributed by atoms with E-state index in [0.29, 0.717) is 5.65 Å². The Balaban J connectivity index is 1.20. The first kappa shape index (κ1) is 23.8. The van der Waals surface area contributed by atoms with Crippen LogP contribution in [0, 0.1) is 13.8 Å². The smallest absolute Gasteiger partial charge is 0.246 e. The third kappa shape index (κ3) is 4.50. The van der Waals surface area contributed by atoms with Gasteiger partial charge in [0.25, 0.3) is 0 Å². The molecule has 0 radical (unpaired) electrons. The molecule has 0 aliphatic carbocycles. The number of carbonyl (C=O) groups excluding carboxylic acids is 1. The molecule has 6 aromatic rings. The second-order valence-corrected chi connectivity index (χ2v) is 10.2. The maximum atomic E-state index is 12.9. The van der Waals surface area contributed by atoms with Crippen LogP contribution in [0.3, 0.4) is 0 Å². The second kappa shape index (κ2) is 9.72. The van der Waals surface area contributed by atoms with E-state index in [1.807, 2.05) is 61.5 Å². The van der Waals surface area contributed by atoms with Crippen LogP contribution in [0.2, 0.25) is 0 Å². The van der Waals surface area contributed by atoms with Crippen molar-refractivity contribution in [2.75, 3.05) is 12.4 Å². The number of amides is 1. The van der Waals surface area contributed by atoms with Crippen LogP contribution in [0.15, 0.2) is 79.0 Å². The molecule has 38 heavy (non-hydrogen) atoms. The number of hydrogen-bond donors (Lipinski definition) is 1. The zero-order valence-electron chi connectivity index (χ0n) is 21.2. The lowest BCUT2D eigenvalue weighted by molar-refractivity contribution is -0.116. The van der Waals surface area contributed by atoms with E-state index < -0.39 is 0 Å². The molecule has 1 N–H and O–H groups in total. The Morgan fingerprint density at radius 2 is 1.74 bits per heavy atom. The van der Waals surface area contributed by atoms with Gasteiger partial charge < -0.3 is 10.1 Å². The topological polar surface area (TPSA) is 81.9 Å². The number of nitrogens with one attached hydrogen (secondary N) is 1. The molecule has 3 aromatic carbocycles. The summed E-state index contributed by atoms with van der Waals surface area (Å²) in [5.41, 5.74) is 7.50. The van der Waals surface area contributed by atoms with Crippen molar-refractivity contribution in [3.63, 3.8) is 0 Å². The van der Waals surface area contributed by atoms with Crippen molar-refractivity contribution in [1.82, 2.24) is 19.7 Å². The Bertz CT molecular complexity index is 1790. The molecule has 0 bridgehead atoms. The highest BCUT2D eigenvalue weighted by Gasteiger charge is 2.16. The van der Waals surface area contributed by atoms with E-state index >= 15 is 0 Å². The van der Waals surface area contributed by atoms with E-state index in [1.165, 1.54) is 10.3 Å². The number of aromatic nitrogens is 4. The van der Waals surface area contributed by atoms with Gasteiger partial charge in [-0.25, -0.2) is 14.6 Å². The van der Waals surface area contributed by atoms with Crippen LogP contribution < -0.4 is 10.1 Å².